The van der Waals surface area contributed by atoms with Gasteiger partial charge in [-0.15, -0.1) is 11.3 Å². The SMILES string of the molecule is COc1ccc(CN(C(=O)c2cc3c(F)cccc3s2)C2CC2)cc1. The molecule has 1 amide bonds. The lowest BCUT2D eigenvalue weighted by atomic mass is 10.2. The van der Waals surface area contributed by atoms with E-state index < -0.39 is 0 Å². The van der Waals surface area contributed by atoms with E-state index in [4.69, 9.17) is 4.74 Å². The fourth-order valence-corrected chi connectivity index (χ4v) is 3.98. The van der Waals surface area contributed by atoms with E-state index in [1.807, 2.05) is 35.2 Å². The number of amides is 1. The molecule has 0 saturated heterocycles. The van der Waals surface area contributed by atoms with Gasteiger partial charge in [-0.1, -0.05) is 18.2 Å². The smallest absolute Gasteiger partial charge is 0.264 e. The minimum atomic E-state index is -0.277. The van der Waals surface area contributed by atoms with Crippen LogP contribution in [0.4, 0.5) is 4.39 Å². The Morgan fingerprint density at radius 3 is 2.64 bits per heavy atom. The maximum Gasteiger partial charge on any atom is 0.264 e. The van der Waals surface area contributed by atoms with Crippen molar-refractivity contribution in [2.75, 3.05) is 7.11 Å². The summed E-state index contributed by atoms with van der Waals surface area (Å²) in [6.07, 6.45) is 2.06. The number of fused-ring (bicyclic) bond motifs is 1. The Kier molecular flexibility index (Phi) is 4.17. The molecule has 1 aliphatic rings. The van der Waals surface area contributed by atoms with Crippen LogP contribution in [0.15, 0.2) is 48.5 Å². The van der Waals surface area contributed by atoms with Crippen molar-refractivity contribution < 1.29 is 13.9 Å². The minimum absolute atomic E-state index is 0.0149. The third-order valence-corrected chi connectivity index (χ3v) is 5.57. The van der Waals surface area contributed by atoms with Crippen LogP contribution < -0.4 is 4.74 Å². The lowest BCUT2D eigenvalue weighted by molar-refractivity contribution is 0.0735. The first-order valence-electron chi connectivity index (χ1n) is 8.27. The number of benzene rings is 2. The first-order chi connectivity index (χ1) is 12.2. The third-order valence-electron chi connectivity index (χ3n) is 4.48. The van der Waals surface area contributed by atoms with Crippen molar-refractivity contribution >= 4 is 27.3 Å². The summed E-state index contributed by atoms with van der Waals surface area (Å²) in [5.41, 5.74) is 1.06. The summed E-state index contributed by atoms with van der Waals surface area (Å²) in [4.78, 5) is 15.5. The summed E-state index contributed by atoms with van der Waals surface area (Å²) in [6.45, 7) is 0.560. The summed E-state index contributed by atoms with van der Waals surface area (Å²) in [7, 11) is 1.63. The molecule has 2 aromatic carbocycles. The maximum atomic E-state index is 13.9. The van der Waals surface area contributed by atoms with Gasteiger partial charge in [0.15, 0.2) is 0 Å². The number of hydrogen-bond acceptors (Lipinski definition) is 3. The molecule has 128 valence electrons. The van der Waals surface area contributed by atoms with Crippen LogP contribution in [-0.4, -0.2) is 24.0 Å². The Bertz CT molecular complexity index is 915. The molecule has 1 heterocycles. The number of rotatable bonds is 5. The summed E-state index contributed by atoms with van der Waals surface area (Å²) in [6, 6.07) is 14.7. The summed E-state index contributed by atoms with van der Waals surface area (Å²) in [5, 5.41) is 0.524. The molecule has 1 aliphatic carbocycles. The van der Waals surface area contributed by atoms with E-state index in [1.165, 1.54) is 17.4 Å². The summed E-state index contributed by atoms with van der Waals surface area (Å²) >= 11 is 1.36. The number of carbonyl (C=O) groups is 1. The molecule has 0 unspecified atom stereocenters. The second-order valence-corrected chi connectivity index (χ2v) is 7.36. The molecule has 0 N–H and O–H groups in total. The van der Waals surface area contributed by atoms with Gasteiger partial charge in [-0.25, -0.2) is 4.39 Å². The van der Waals surface area contributed by atoms with Gasteiger partial charge < -0.3 is 9.64 Å². The molecule has 0 spiro atoms. The van der Waals surface area contributed by atoms with Crippen molar-refractivity contribution in [2.24, 2.45) is 0 Å². The molecule has 5 heteroatoms. The number of nitrogens with zero attached hydrogens (tertiary/aromatic N) is 1. The number of halogens is 1. The Morgan fingerprint density at radius 2 is 2.00 bits per heavy atom. The molecule has 0 aliphatic heterocycles. The number of hydrogen-bond donors (Lipinski definition) is 0. The highest BCUT2D eigenvalue weighted by Gasteiger charge is 2.33. The lowest BCUT2D eigenvalue weighted by Crippen LogP contribution is -2.32. The largest absolute Gasteiger partial charge is 0.497 e. The van der Waals surface area contributed by atoms with Crippen LogP contribution in [0, 0.1) is 5.82 Å². The van der Waals surface area contributed by atoms with Crippen molar-refractivity contribution in [3.8, 4) is 5.75 Å². The molecule has 0 radical (unpaired) electrons. The normalized spacial score (nSPS) is 13.8. The van der Waals surface area contributed by atoms with Crippen molar-refractivity contribution in [3.05, 3.63) is 64.8 Å². The van der Waals surface area contributed by atoms with Gasteiger partial charge in [-0.05, 0) is 48.7 Å². The number of carbonyl (C=O) groups excluding carboxylic acids is 1. The molecule has 1 aromatic heterocycles. The van der Waals surface area contributed by atoms with E-state index in [-0.39, 0.29) is 17.8 Å². The Balaban J connectivity index is 1.60. The number of thiophene rings is 1. The molecule has 1 fully saturated rings. The van der Waals surface area contributed by atoms with E-state index in [2.05, 4.69) is 0 Å². The highest BCUT2D eigenvalue weighted by atomic mass is 32.1. The zero-order valence-electron chi connectivity index (χ0n) is 13.9. The van der Waals surface area contributed by atoms with Gasteiger partial charge in [0.25, 0.3) is 5.91 Å². The number of ether oxygens (including phenoxy) is 1. The average molecular weight is 355 g/mol. The first kappa shape index (κ1) is 16.1. The van der Waals surface area contributed by atoms with Crippen LogP contribution in [-0.2, 0) is 6.54 Å². The van der Waals surface area contributed by atoms with Crippen molar-refractivity contribution in [1.29, 1.82) is 0 Å². The molecule has 25 heavy (non-hydrogen) atoms. The van der Waals surface area contributed by atoms with Gasteiger partial charge in [0, 0.05) is 22.7 Å². The average Bonchev–Trinajstić information content (AvgIpc) is 3.37. The van der Waals surface area contributed by atoms with Crippen molar-refractivity contribution in [3.63, 3.8) is 0 Å². The Hall–Kier alpha value is -2.40. The van der Waals surface area contributed by atoms with E-state index in [0.717, 1.165) is 28.9 Å². The van der Waals surface area contributed by atoms with Gasteiger partial charge in [-0.2, -0.15) is 0 Å². The van der Waals surface area contributed by atoms with Crippen LogP contribution in [0.5, 0.6) is 5.75 Å². The van der Waals surface area contributed by atoms with Crippen molar-refractivity contribution in [2.45, 2.75) is 25.4 Å². The molecule has 3 nitrogen and oxygen atoms in total. The van der Waals surface area contributed by atoms with Gasteiger partial charge in [0.1, 0.15) is 11.6 Å². The van der Waals surface area contributed by atoms with Crippen LogP contribution >= 0.6 is 11.3 Å². The predicted octanol–water partition coefficient (Wildman–Crippen LogP) is 4.85. The molecule has 0 bridgehead atoms. The highest BCUT2D eigenvalue weighted by molar-refractivity contribution is 7.20. The monoisotopic (exact) mass is 355 g/mol. The molecular formula is C20H18FNO2S. The van der Waals surface area contributed by atoms with Gasteiger partial charge in [0.05, 0.1) is 12.0 Å². The van der Waals surface area contributed by atoms with E-state index in [0.29, 0.717) is 16.8 Å². The molecule has 1 saturated carbocycles. The van der Waals surface area contributed by atoms with Crippen LogP contribution in [0.25, 0.3) is 10.1 Å². The van der Waals surface area contributed by atoms with Crippen molar-refractivity contribution in [1.82, 2.24) is 4.90 Å². The second-order valence-electron chi connectivity index (χ2n) is 6.27. The van der Waals surface area contributed by atoms with Crippen LogP contribution in [0.2, 0.25) is 0 Å². The van der Waals surface area contributed by atoms with Crippen LogP contribution in [0.1, 0.15) is 28.1 Å². The maximum absolute atomic E-state index is 13.9. The van der Waals surface area contributed by atoms with Gasteiger partial charge in [-0.3, -0.25) is 4.79 Å². The van der Waals surface area contributed by atoms with E-state index in [9.17, 15) is 9.18 Å². The lowest BCUT2D eigenvalue weighted by Gasteiger charge is -2.22. The van der Waals surface area contributed by atoms with Gasteiger partial charge >= 0.3 is 0 Å². The molecule has 4 rings (SSSR count). The topological polar surface area (TPSA) is 29.5 Å². The highest BCUT2D eigenvalue weighted by Crippen LogP contribution is 2.34. The summed E-state index contributed by atoms with van der Waals surface area (Å²) in [5.74, 6) is 0.507. The first-order valence-corrected chi connectivity index (χ1v) is 9.09. The molecule has 0 atom stereocenters. The fourth-order valence-electron chi connectivity index (χ4n) is 2.95. The number of methoxy groups -OCH3 is 1. The third kappa shape index (κ3) is 3.24. The molecule has 3 aromatic rings. The van der Waals surface area contributed by atoms with E-state index in [1.54, 1.807) is 19.2 Å². The van der Waals surface area contributed by atoms with Gasteiger partial charge in [0.2, 0.25) is 0 Å². The van der Waals surface area contributed by atoms with E-state index >= 15 is 0 Å². The Labute approximate surface area is 149 Å². The Morgan fingerprint density at radius 1 is 1.24 bits per heavy atom. The second kappa shape index (κ2) is 6.48. The summed E-state index contributed by atoms with van der Waals surface area (Å²) < 4.78 is 19.9. The zero-order valence-corrected chi connectivity index (χ0v) is 14.7. The fraction of sp³-hybridized carbons (Fsp3) is 0.250. The zero-order chi connectivity index (χ0) is 17.4. The molecular weight excluding hydrogens is 337 g/mol. The quantitative estimate of drug-likeness (QED) is 0.654. The predicted molar refractivity (Wildman–Crippen MR) is 97.7 cm³/mol. The standard InChI is InChI=1S/C20H18FNO2S/c1-24-15-9-5-13(6-10-15)12-22(14-7-8-14)20(23)19-11-16-17(21)3-2-4-18(16)25-19/h2-6,9-11,14H,7-8,12H2,1H3. The minimum Gasteiger partial charge on any atom is -0.497 e. The van der Waals surface area contributed by atoms with Crippen LogP contribution in [0.3, 0.4) is 0 Å².